The van der Waals surface area contributed by atoms with Crippen LogP contribution in [0.25, 0.3) is 0 Å². The molecule has 0 aliphatic carbocycles. The molecule has 0 aliphatic rings. The van der Waals surface area contributed by atoms with Crippen LogP contribution < -0.4 is 0 Å². The Morgan fingerprint density at radius 3 is 1.82 bits per heavy atom. The summed E-state index contributed by atoms with van der Waals surface area (Å²) in [4.78, 5) is 9.81. The third kappa shape index (κ3) is 5.60. The second-order valence-corrected chi connectivity index (χ2v) is 4.35. The van der Waals surface area contributed by atoms with Gasteiger partial charge in [0.25, 0.3) is 0 Å². The van der Waals surface area contributed by atoms with Crippen LogP contribution in [0.3, 0.4) is 0 Å². The van der Waals surface area contributed by atoms with Crippen molar-refractivity contribution in [1.29, 1.82) is 0 Å². The third-order valence-corrected chi connectivity index (χ3v) is 2.62. The van der Waals surface area contributed by atoms with Gasteiger partial charge in [0.2, 0.25) is 0 Å². The summed E-state index contributed by atoms with van der Waals surface area (Å²) >= 11 is 0. The summed E-state index contributed by atoms with van der Waals surface area (Å²) in [5.41, 5.74) is 0.750. The van der Waals surface area contributed by atoms with E-state index in [-0.39, 0.29) is 22.0 Å². The summed E-state index contributed by atoms with van der Waals surface area (Å²) in [7, 11) is -3.96. The average Bonchev–Trinajstić information content (AvgIpc) is 2.91. The predicted molar refractivity (Wildman–Crippen MR) is 59.3 cm³/mol. The molecule has 0 radical (unpaired) electrons. The van der Waals surface area contributed by atoms with Crippen LogP contribution in [0.5, 0.6) is 0 Å². The SMILES string of the molecule is O=C[c-]1cccc1.O=S(=O)(O)[c-]1[cH-][cH-][cH-][cH-]1.[Fe]. The summed E-state index contributed by atoms with van der Waals surface area (Å²) in [6.07, 6.45) is 0.833. The van der Waals surface area contributed by atoms with Crippen molar-refractivity contribution in [1.82, 2.24) is 0 Å². The minimum absolute atomic E-state index is 0. The fourth-order valence-corrected chi connectivity index (χ4v) is 1.50. The van der Waals surface area contributed by atoms with Crippen LogP contribution in [0.15, 0.2) is 53.4 Å². The van der Waals surface area contributed by atoms with Gasteiger partial charge in [0.05, 0.1) is 16.4 Å². The van der Waals surface area contributed by atoms with Gasteiger partial charge in [0.1, 0.15) is 0 Å². The van der Waals surface area contributed by atoms with E-state index in [1.54, 1.807) is 24.3 Å². The van der Waals surface area contributed by atoms with Crippen molar-refractivity contribution in [3.8, 4) is 0 Å². The minimum Gasteiger partial charge on any atom is -0.747 e. The normalized spacial score (nSPS) is 9.71. The van der Waals surface area contributed by atoms with Gasteiger partial charge < -0.3 is 38.5 Å². The molecule has 0 amide bonds. The molecular weight excluding hydrogens is 284 g/mol. The second-order valence-electron chi connectivity index (χ2n) is 2.93. The quantitative estimate of drug-likeness (QED) is 0.397. The van der Waals surface area contributed by atoms with E-state index in [0.29, 0.717) is 0 Å². The maximum Gasteiger partial charge on any atom is 0.0981 e. The molecule has 0 aromatic heterocycles. The van der Waals surface area contributed by atoms with Crippen molar-refractivity contribution in [2.75, 3.05) is 0 Å². The Kier molecular flexibility index (Phi) is 6.68. The molecule has 0 atom stereocenters. The molecule has 0 unspecified atom stereocenters. The van der Waals surface area contributed by atoms with Crippen molar-refractivity contribution in [2.24, 2.45) is 0 Å². The van der Waals surface area contributed by atoms with Crippen LogP contribution in [0.1, 0.15) is 10.4 Å². The van der Waals surface area contributed by atoms with Crippen LogP contribution >= 0.6 is 0 Å². The topological polar surface area (TPSA) is 71.4 Å². The maximum absolute atomic E-state index is 10.2. The minimum atomic E-state index is -3.96. The van der Waals surface area contributed by atoms with Crippen LogP contribution in [-0.4, -0.2) is 19.3 Å². The summed E-state index contributed by atoms with van der Waals surface area (Å²) in [6, 6.07) is 13.0. The van der Waals surface area contributed by atoms with E-state index in [1.165, 1.54) is 12.1 Å². The number of hydrogen-bond acceptors (Lipinski definition) is 3. The van der Waals surface area contributed by atoms with Crippen molar-refractivity contribution in [3.05, 3.63) is 54.1 Å². The second kappa shape index (κ2) is 7.19. The summed E-state index contributed by atoms with van der Waals surface area (Å²) < 4.78 is 28.8. The van der Waals surface area contributed by atoms with Gasteiger partial charge in [-0.25, -0.2) is 20.6 Å². The zero-order valence-corrected chi connectivity index (χ0v) is 10.6. The van der Waals surface area contributed by atoms with Crippen molar-refractivity contribution in [2.45, 2.75) is 4.90 Å². The van der Waals surface area contributed by atoms with Crippen molar-refractivity contribution < 1.29 is 34.8 Å². The first kappa shape index (κ1) is 15.8. The molecule has 0 fully saturated rings. The molecule has 17 heavy (non-hydrogen) atoms. The first-order valence-corrected chi connectivity index (χ1v) is 5.84. The Morgan fingerprint density at radius 1 is 1.12 bits per heavy atom. The monoisotopic (exact) mass is 294 g/mol. The van der Waals surface area contributed by atoms with E-state index in [1.807, 2.05) is 12.1 Å². The molecule has 0 aliphatic heterocycles. The fraction of sp³-hybridized carbons (Fsp3) is 0. The van der Waals surface area contributed by atoms with E-state index in [2.05, 4.69) is 0 Å². The molecule has 0 spiro atoms. The summed E-state index contributed by atoms with van der Waals surface area (Å²) in [5, 5.41) is 0. The molecule has 0 saturated carbocycles. The Balaban J connectivity index is 0.000000292. The van der Waals surface area contributed by atoms with E-state index >= 15 is 0 Å². The van der Waals surface area contributed by atoms with Gasteiger partial charge in [-0.05, 0) is 0 Å². The number of carbonyl (C=O) groups is 1. The molecular formula is C11H10FeO4S-6. The van der Waals surface area contributed by atoms with E-state index in [0.717, 1.165) is 11.8 Å². The molecule has 0 saturated heterocycles. The standard InChI is InChI=1S/C6H5O.C5H5O3S.Fe/c7-5-6-3-1-2-4-6;6-9(7,8)5-3-1-2-4-5;/h1-5H;1-4H,(H,6,7,8);/q-1;-5;. The molecule has 2 aromatic carbocycles. The van der Waals surface area contributed by atoms with Crippen LogP contribution in [-0.2, 0) is 27.2 Å². The van der Waals surface area contributed by atoms with Crippen LogP contribution in [0.2, 0.25) is 0 Å². The van der Waals surface area contributed by atoms with Gasteiger partial charge in [0.15, 0.2) is 0 Å². The molecule has 2 aromatic rings. The Hall–Kier alpha value is -1.20. The fourth-order valence-electron chi connectivity index (χ4n) is 0.996. The molecule has 0 heterocycles. The molecule has 98 valence electrons. The Labute approximate surface area is 110 Å². The molecule has 6 heteroatoms. The molecule has 0 bridgehead atoms. The molecule has 2 rings (SSSR count). The average molecular weight is 294 g/mol. The Bertz CT molecular complexity index is 512. The van der Waals surface area contributed by atoms with Gasteiger partial charge in [0, 0.05) is 17.1 Å². The summed E-state index contributed by atoms with van der Waals surface area (Å²) in [6.45, 7) is 0. The predicted octanol–water partition coefficient (Wildman–Crippen LogP) is 1.87. The maximum atomic E-state index is 10.2. The first-order valence-electron chi connectivity index (χ1n) is 4.40. The van der Waals surface area contributed by atoms with Crippen LogP contribution in [0, 0.1) is 0 Å². The van der Waals surface area contributed by atoms with Gasteiger partial charge in [-0.15, -0.1) is 0 Å². The number of rotatable bonds is 2. The van der Waals surface area contributed by atoms with Crippen LogP contribution in [0.4, 0.5) is 0 Å². The van der Waals surface area contributed by atoms with Gasteiger partial charge in [-0.1, -0.05) is 5.56 Å². The smallest absolute Gasteiger partial charge is 0.0981 e. The largest absolute Gasteiger partial charge is 0.747 e. The summed E-state index contributed by atoms with van der Waals surface area (Å²) in [5.74, 6) is 0. The zero-order valence-electron chi connectivity index (χ0n) is 8.63. The van der Waals surface area contributed by atoms with E-state index in [4.69, 9.17) is 4.55 Å². The number of hydrogen-bond donors (Lipinski definition) is 1. The van der Waals surface area contributed by atoms with E-state index in [9.17, 15) is 13.2 Å². The molecule has 1 N–H and O–H groups in total. The van der Waals surface area contributed by atoms with Gasteiger partial charge >= 0.3 is 0 Å². The van der Waals surface area contributed by atoms with Crippen molar-refractivity contribution >= 4 is 16.4 Å². The Morgan fingerprint density at radius 2 is 1.59 bits per heavy atom. The van der Waals surface area contributed by atoms with E-state index < -0.39 is 10.1 Å². The number of carbonyl (C=O) groups excluding carboxylic acids is 1. The van der Waals surface area contributed by atoms with Gasteiger partial charge in [-0.3, -0.25) is 0 Å². The third-order valence-electron chi connectivity index (χ3n) is 1.75. The van der Waals surface area contributed by atoms with Crippen molar-refractivity contribution in [3.63, 3.8) is 0 Å². The zero-order chi connectivity index (χ0) is 12.0. The number of aldehydes is 1. The first-order chi connectivity index (χ1) is 7.54. The van der Waals surface area contributed by atoms with Gasteiger partial charge in [-0.2, -0.15) is 12.1 Å². The molecule has 4 nitrogen and oxygen atoms in total.